The molecular weight excluding hydrogens is 444 g/mol. The number of oxime groups is 1. The van der Waals surface area contributed by atoms with Crippen LogP contribution in [0.5, 0.6) is 5.75 Å². The van der Waals surface area contributed by atoms with Gasteiger partial charge in [0.2, 0.25) is 5.96 Å². The van der Waals surface area contributed by atoms with Crippen LogP contribution in [0.15, 0.2) is 94.9 Å². The Kier molecular flexibility index (Phi) is 5.64. The maximum Gasteiger partial charge on any atom is 0.284 e. The summed E-state index contributed by atoms with van der Waals surface area (Å²) in [5.74, 6) is 0.637. The molecule has 0 aliphatic heterocycles. The lowest BCUT2D eigenvalue weighted by molar-refractivity contribution is 0.318. The summed E-state index contributed by atoms with van der Waals surface area (Å²) in [6.07, 6.45) is 0. The molecule has 3 aromatic carbocycles. The van der Waals surface area contributed by atoms with Crippen molar-refractivity contribution < 1.29 is 9.94 Å². The average Bonchev–Trinajstić information content (AvgIpc) is 3.30. The van der Waals surface area contributed by atoms with Crippen LogP contribution in [0.3, 0.4) is 0 Å². The van der Waals surface area contributed by atoms with Crippen molar-refractivity contribution in [2.75, 3.05) is 12.4 Å². The number of hydrogen-bond donors (Lipinski definition) is 4. The molecule has 5 rings (SSSR count). The van der Waals surface area contributed by atoms with Crippen molar-refractivity contribution in [3.8, 4) is 39.3 Å². The standard InChI is InChI=1S/C26H22N6O3/c1-35-19-14-12-17(13-15-19)21-23(29-26(27)31-34)28-24-20(16-8-4-2-5-9-16)22(30-32(24)25(21)33)18-10-6-3-7-11-18/h2-15,28,34H,1H3,(H3,27,29,31). The molecule has 0 fully saturated rings. The van der Waals surface area contributed by atoms with E-state index in [-0.39, 0.29) is 22.9 Å². The maximum atomic E-state index is 13.9. The van der Waals surface area contributed by atoms with Crippen molar-refractivity contribution in [3.63, 3.8) is 0 Å². The van der Waals surface area contributed by atoms with Gasteiger partial charge in [0.1, 0.15) is 22.9 Å². The first-order valence-electron chi connectivity index (χ1n) is 10.8. The van der Waals surface area contributed by atoms with Gasteiger partial charge in [0.05, 0.1) is 18.2 Å². The van der Waals surface area contributed by atoms with Crippen LogP contribution < -0.4 is 21.3 Å². The summed E-state index contributed by atoms with van der Waals surface area (Å²) < 4.78 is 6.59. The van der Waals surface area contributed by atoms with Crippen molar-refractivity contribution in [3.05, 3.63) is 95.3 Å². The van der Waals surface area contributed by atoms with Gasteiger partial charge in [-0.2, -0.15) is 9.61 Å². The molecule has 0 saturated heterocycles. The molecule has 0 atom stereocenters. The SMILES string of the molecule is COc1ccc(-c2c(N/C(N)=N/O)[nH]c3c(-c4ccccc4)c(-c4ccccc4)nn3c2=O)cc1. The van der Waals surface area contributed by atoms with Crippen molar-refractivity contribution in [1.29, 1.82) is 0 Å². The van der Waals surface area contributed by atoms with Crippen LogP contribution >= 0.6 is 0 Å². The van der Waals surface area contributed by atoms with Crippen LogP contribution in [0.1, 0.15) is 0 Å². The van der Waals surface area contributed by atoms with Crippen LogP contribution in [0, 0.1) is 0 Å². The van der Waals surface area contributed by atoms with E-state index in [1.165, 1.54) is 4.52 Å². The number of rotatable bonds is 5. The number of guanidine groups is 1. The largest absolute Gasteiger partial charge is 0.497 e. The fourth-order valence-corrected chi connectivity index (χ4v) is 4.02. The van der Waals surface area contributed by atoms with Gasteiger partial charge in [0.15, 0.2) is 0 Å². The van der Waals surface area contributed by atoms with Crippen LogP contribution in [-0.2, 0) is 0 Å². The summed E-state index contributed by atoms with van der Waals surface area (Å²) in [6.45, 7) is 0. The lowest BCUT2D eigenvalue weighted by Gasteiger charge is -2.12. The van der Waals surface area contributed by atoms with Gasteiger partial charge in [-0.05, 0) is 23.3 Å². The van der Waals surface area contributed by atoms with Crippen molar-refractivity contribution in [1.82, 2.24) is 14.6 Å². The minimum absolute atomic E-state index is 0.264. The smallest absolute Gasteiger partial charge is 0.284 e. The van der Waals surface area contributed by atoms with Gasteiger partial charge in [0.25, 0.3) is 5.56 Å². The number of hydrogen-bond acceptors (Lipinski definition) is 5. The molecule has 9 heteroatoms. The van der Waals surface area contributed by atoms with Crippen LogP contribution in [0.25, 0.3) is 39.2 Å². The van der Waals surface area contributed by atoms with Gasteiger partial charge < -0.3 is 26.0 Å². The van der Waals surface area contributed by atoms with Gasteiger partial charge in [0, 0.05) is 5.56 Å². The highest BCUT2D eigenvalue weighted by Gasteiger charge is 2.23. The van der Waals surface area contributed by atoms with E-state index in [1.54, 1.807) is 31.4 Å². The predicted molar refractivity (Wildman–Crippen MR) is 136 cm³/mol. The number of ether oxygens (including phenoxy) is 1. The third kappa shape index (κ3) is 3.95. The van der Waals surface area contributed by atoms with Crippen LogP contribution in [0.2, 0.25) is 0 Å². The molecule has 0 bridgehead atoms. The minimum Gasteiger partial charge on any atom is -0.497 e. The highest BCUT2D eigenvalue weighted by molar-refractivity contribution is 5.97. The van der Waals surface area contributed by atoms with Gasteiger partial charge in [-0.1, -0.05) is 78.0 Å². The predicted octanol–water partition coefficient (Wildman–Crippen LogP) is 4.15. The zero-order chi connectivity index (χ0) is 24.4. The van der Waals surface area contributed by atoms with E-state index in [0.717, 1.165) is 16.7 Å². The second-order valence-electron chi connectivity index (χ2n) is 7.73. The zero-order valence-electron chi connectivity index (χ0n) is 18.8. The third-order valence-electron chi connectivity index (χ3n) is 5.63. The highest BCUT2D eigenvalue weighted by Crippen LogP contribution is 2.35. The molecule has 5 N–H and O–H groups in total. The number of nitrogens with two attached hydrogens (primary N) is 1. The zero-order valence-corrected chi connectivity index (χ0v) is 18.8. The van der Waals surface area contributed by atoms with E-state index in [0.29, 0.717) is 22.7 Å². The molecule has 0 radical (unpaired) electrons. The Hall–Kier alpha value is -5.05. The maximum absolute atomic E-state index is 13.9. The number of nitrogens with zero attached hydrogens (tertiary/aromatic N) is 3. The van der Waals surface area contributed by atoms with Gasteiger partial charge in [-0.15, -0.1) is 0 Å². The Morgan fingerprint density at radius 1 is 0.943 bits per heavy atom. The molecule has 0 amide bonds. The second-order valence-corrected chi connectivity index (χ2v) is 7.73. The summed E-state index contributed by atoms with van der Waals surface area (Å²) in [6, 6.07) is 26.3. The van der Waals surface area contributed by atoms with Crippen LogP contribution in [0.4, 0.5) is 5.82 Å². The topological polar surface area (TPSA) is 130 Å². The molecule has 0 spiro atoms. The molecule has 35 heavy (non-hydrogen) atoms. The summed E-state index contributed by atoms with van der Waals surface area (Å²) >= 11 is 0. The second kappa shape index (κ2) is 9.06. The van der Waals surface area contributed by atoms with Gasteiger partial charge in [-0.25, -0.2) is 0 Å². The number of aromatic nitrogens is 3. The number of fused-ring (bicyclic) bond motifs is 1. The number of H-pyrrole nitrogens is 1. The fourth-order valence-electron chi connectivity index (χ4n) is 4.02. The fraction of sp³-hybridized carbons (Fsp3) is 0.0385. The number of nitrogens with one attached hydrogen (secondary N) is 2. The quantitative estimate of drug-likeness (QED) is 0.133. The van der Waals surface area contributed by atoms with E-state index >= 15 is 0 Å². The van der Waals surface area contributed by atoms with E-state index in [9.17, 15) is 4.79 Å². The molecular formula is C26H22N6O3. The Morgan fingerprint density at radius 3 is 2.14 bits per heavy atom. The molecule has 9 nitrogen and oxygen atoms in total. The van der Waals surface area contributed by atoms with E-state index < -0.39 is 0 Å². The Balaban J connectivity index is 1.86. The molecule has 2 heterocycles. The first kappa shape index (κ1) is 21.8. The summed E-state index contributed by atoms with van der Waals surface area (Å²) in [5, 5.41) is 19.7. The van der Waals surface area contributed by atoms with Gasteiger partial charge >= 0.3 is 0 Å². The first-order chi connectivity index (χ1) is 17.1. The lowest BCUT2D eigenvalue weighted by Crippen LogP contribution is -2.27. The number of benzene rings is 3. The number of methoxy groups -OCH3 is 1. The minimum atomic E-state index is -0.378. The molecule has 0 aliphatic rings. The number of anilines is 1. The van der Waals surface area contributed by atoms with Crippen molar-refractivity contribution in [2.45, 2.75) is 0 Å². The van der Waals surface area contributed by atoms with E-state index in [2.05, 4.69) is 15.5 Å². The van der Waals surface area contributed by atoms with Crippen molar-refractivity contribution in [2.24, 2.45) is 10.9 Å². The summed E-state index contributed by atoms with van der Waals surface area (Å²) in [4.78, 5) is 17.1. The first-order valence-corrected chi connectivity index (χ1v) is 10.8. The third-order valence-corrected chi connectivity index (χ3v) is 5.63. The molecule has 174 valence electrons. The normalized spacial score (nSPS) is 11.5. The Labute approximate surface area is 200 Å². The lowest BCUT2D eigenvalue weighted by atomic mass is 10.0. The van der Waals surface area contributed by atoms with E-state index in [4.69, 9.17) is 20.8 Å². The average molecular weight is 467 g/mol. The summed E-state index contributed by atoms with van der Waals surface area (Å²) in [5.41, 5.74) is 9.85. The number of aromatic amines is 1. The molecule has 2 aromatic heterocycles. The molecule has 0 aliphatic carbocycles. The Morgan fingerprint density at radius 2 is 1.54 bits per heavy atom. The molecule has 5 aromatic rings. The molecule has 0 unspecified atom stereocenters. The highest BCUT2D eigenvalue weighted by atomic mass is 16.5. The van der Waals surface area contributed by atoms with Gasteiger partial charge in [-0.3, -0.25) is 4.79 Å². The Bertz CT molecular complexity index is 1570. The van der Waals surface area contributed by atoms with Crippen molar-refractivity contribution >= 4 is 17.4 Å². The van der Waals surface area contributed by atoms with E-state index in [1.807, 2.05) is 60.7 Å². The molecule has 0 saturated carbocycles. The summed E-state index contributed by atoms with van der Waals surface area (Å²) in [7, 11) is 1.57. The monoisotopic (exact) mass is 466 g/mol. The van der Waals surface area contributed by atoms with Crippen LogP contribution in [-0.4, -0.2) is 32.9 Å².